The first-order valence-corrected chi connectivity index (χ1v) is 6.51. The van der Waals surface area contributed by atoms with Gasteiger partial charge in [-0.2, -0.15) is 0 Å². The first-order valence-electron chi connectivity index (χ1n) is 6.51. The maximum Gasteiger partial charge on any atom is 0.0710 e. The molecule has 0 spiro atoms. The number of methoxy groups -OCH3 is 1. The smallest absolute Gasteiger partial charge is 0.0710 e. The summed E-state index contributed by atoms with van der Waals surface area (Å²) in [5.74, 6) is 0. The number of ether oxygens (including phenoxy) is 1. The van der Waals surface area contributed by atoms with E-state index in [0.29, 0.717) is 6.10 Å². The SMILES string of the molecule is COC1CCN(CCCCNC(C)(C)C)C1. The van der Waals surface area contributed by atoms with E-state index in [9.17, 15) is 0 Å². The molecule has 0 aliphatic carbocycles. The minimum atomic E-state index is 0.259. The van der Waals surface area contributed by atoms with E-state index in [1.54, 1.807) is 0 Å². The van der Waals surface area contributed by atoms with Crippen LogP contribution in [0.25, 0.3) is 0 Å². The normalized spacial score (nSPS) is 22.9. The zero-order valence-corrected chi connectivity index (χ0v) is 11.4. The molecule has 0 bridgehead atoms. The molecule has 1 heterocycles. The van der Waals surface area contributed by atoms with E-state index in [0.717, 1.165) is 13.1 Å². The molecule has 1 rings (SSSR count). The highest BCUT2D eigenvalue weighted by Gasteiger charge is 2.20. The number of likely N-dealkylation sites (tertiary alicyclic amines) is 1. The van der Waals surface area contributed by atoms with E-state index in [4.69, 9.17) is 4.74 Å². The van der Waals surface area contributed by atoms with E-state index >= 15 is 0 Å². The van der Waals surface area contributed by atoms with E-state index in [2.05, 4.69) is 31.0 Å². The van der Waals surface area contributed by atoms with Gasteiger partial charge in [0.05, 0.1) is 6.10 Å². The van der Waals surface area contributed by atoms with Gasteiger partial charge in [0.25, 0.3) is 0 Å². The van der Waals surface area contributed by atoms with Gasteiger partial charge < -0.3 is 15.0 Å². The Morgan fingerprint density at radius 1 is 1.31 bits per heavy atom. The zero-order valence-electron chi connectivity index (χ0n) is 11.4. The molecule has 0 saturated carbocycles. The van der Waals surface area contributed by atoms with Crippen LogP contribution in [0.1, 0.15) is 40.0 Å². The van der Waals surface area contributed by atoms with Crippen molar-refractivity contribution in [2.24, 2.45) is 0 Å². The highest BCUT2D eigenvalue weighted by Crippen LogP contribution is 2.12. The molecule has 1 fully saturated rings. The Bertz CT molecular complexity index is 189. The standard InChI is InChI=1S/C13H28N2O/c1-13(2,3)14-8-5-6-9-15-10-7-12(11-15)16-4/h12,14H,5-11H2,1-4H3. The van der Waals surface area contributed by atoms with Crippen LogP contribution >= 0.6 is 0 Å². The topological polar surface area (TPSA) is 24.5 Å². The molecule has 16 heavy (non-hydrogen) atoms. The number of hydrogen-bond acceptors (Lipinski definition) is 3. The molecule has 96 valence electrons. The second kappa shape index (κ2) is 6.58. The van der Waals surface area contributed by atoms with Gasteiger partial charge in [-0.05, 0) is 53.1 Å². The van der Waals surface area contributed by atoms with Crippen LogP contribution in [0.4, 0.5) is 0 Å². The lowest BCUT2D eigenvalue weighted by molar-refractivity contribution is 0.108. The Hall–Kier alpha value is -0.120. The summed E-state index contributed by atoms with van der Waals surface area (Å²) in [6.07, 6.45) is 4.24. The largest absolute Gasteiger partial charge is 0.380 e. The molecule has 1 saturated heterocycles. The Morgan fingerprint density at radius 3 is 2.62 bits per heavy atom. The van der Waals surface area contributed by atoms with Gasteiger partial charge in [0.2, 0.25) is 0 Å². The van der Waals surface area contributed by atoms with Crippen LogP contribution in [0.15, 0.2) is 0 Å². The number of unbranched alkanes of at least 4 members (excludes halogenated alkanes) is 1. The van der Waals surface area contributed by atoms with Crippen molar-refractivity contribution >= 4 is 0 Å². The number of nitrogens with zero attached hydrogens (tertiary/aromatic N) is 1. The van der Waals surface area contributed by atoms with Crippen molar-refractivity contribution < 1.29 is 4.74 Å². The van der Waals surface area contributed by atoms with Crippen molar-refractivity contribution in [3.05, 3.63) is 0 Å². The van der Waals surface area contributed by atoms with Crippen LogP contribution in [0.5, 0.6) is 0 Å². The lowest BCUT2D eigenvalue weighted by Crippen LogP contribution is -2.36. The molecule has 1 aliphatic heterocycles. The van der Waals surface area contributed by atoms with Gasteiger partial charge in [0.15, 0.2) is 0 Å². The lowest BCUT2D eigenvalue weighted by Gasteiger charge is -2.21. The highest BCUT2D eigenvalue weighted by atomic mass is 16.5. The Balaban J connectivity index is 1.96. The summed E-state index contributed by atoms with van der Waals surface area (Å²) in [5, 5.41) is 3.52. The van der Waals surface area contributed by atoms with Crippen molar-refractivity contribution in [2.75, 3.05) is 33.3 Å². The molecular weight excluding hydrogens is 200 g/mol. The molecule has 0 radical (unpaired) electrons. The number of hydrogen-bond donors (Lipinski definition) is 1. The van der Waals surface area contributed by atoms with Gasteiger partial charge in [-0.15, -0.1) is 0 Å². The highest BCUT2D eigenvalue weighted by molar-refractivity contribution is 4.76. The van der Waals surface area contributed by atoms with E-state index < -0.39 is 0 Å². The van der Waals surface area contributed by atoms with Crippen LogP contribution in [0.3, 0.4) is 0 Å². The fourth-order valence-electron chi connectivity index (χ4n) is 2.12. The molecular formula is C13H28N2O. The average Bonchev–Trinajstić information content (AvgIpc) is 2.63. The summed E-state index contributed by atoms with van der Waals surface area (Å²) in [7, 11) is 1.82. The van der Waals surface area contributed by atoms with Crippen LogP contribution in [0, 0.1) is 0 Å². The molecule has 1 atom stereocenters. The fourth-order valence-corrected chi connectivity index (χ4v) is 2.12. The van der Waals surface area contributed by atoms with Gasteiger partial charge in [0, 0.05) is 25.7 Å². The summed E-state index contributed by atoms with van der Waals surface area (Å²) in [5.41, 5.74) is 0.259. The van der Waals surface area contributed by atoms with Gasteiger partial charge in [0.1, 0.15) is 0 Å². The van der Waals surface area contributed by atoms with Gasteiger partial charge in [-0.25, -0.2) is 0 Å². The van der Waals surface area contributed by atoms with Gasteiger partial charge >= 0.3 is 0 Å². The third-order valence-electron chi connectivity index (χ3n) is 3.12. The molecule has 0 aromatic carbocycles. The predicted octanol–water partition coefficient (Wildman–Crippen LogP) is 1.88. The maximum atomic E-state index is 5.36. The quantitative estimate of drug-likeness (QED) is 0.703. The van der Waals surface area contributed by atoms with E-state index in [1.165, 1.54) is 32.4 Å². The molecule has 3 nitrogen and oxygen atoms in total. The lowest BCUT2D eigenvalue weighted by atomic mass is 10.1. The molecule has 0 aromatic rings. The van der Waals surface area contributed by atoms with Crippen molar-refractivity contribution in [3.63, 3.8) is 0 Å². The van der Waals surface area contributed by atoms with Crippen LogP contribution in [-0.2, 0) is 4.74 Å². The van der Waals surface area contributed by atoms with Crippen LogP contribution < -0.4 is 5.32 Å². The molecule has 1 unspecified atom stereocenters. The van der Waals surface area contributed by atoms with Gasteiger partial charge in [-0.1, -0.05) is 0 Å². The summed E-state index contributed by atoms with van der Waals surface area (Å²) in [6, 6.07) is 0. The number of rotatable bonds is 6. The number of nitrogens with one attached hydrogen (secondary N) is 1. The summed E-state index contributed by atoms with van der Waals surface area (Å²) >= 11 is 0. The first kappa shape index (κ1) is 13.9. The molecule has 0 amide bonds. The average molecular weight is 228 g/mol. The van der Waals surface area contributed by atoms with Crippen LogP contribution in [0.2, 0.25) is 0 Å². The van der Waals surface area contributed by atoms with Crippen LogP contribution in [-0.4, -0.2) is 49.8 Å². The minimum absolute atomic E-state index is 0.259. The van der Waals surface area contributed by atoms with E-state index in [-0.39, 0.29) is 5.54 Å². The van der Waals surface area contributed by atoms with Crippen molar-refractivity contribution in [3.8, 4) is 0 Å². The van der Waals surface area contributed by atoms with E-state index in [1.807, 2.05) is 7.11 Å². The summed E-state index contributed by atoms with van der Waals surface area (Å²) < 4.78 is 5.36. The fraction of sp³-hybridized carbons (Fsp3) is 1.00. The molecule has 1 aliphatic rings. The van der Waals surface area contributed by atoms with Crippen molar-refractivity contribution in [2.45, 2.75) is 51.7 Å². The van der Waals surface area contributed by atoms with Crippen molar-refractivity contribution in [1.82, 2.24) is 10.2 Å². The maximum absolute atomic E-state index is 5.36. The van der Waals surface area contributed by atoms with Gasteiger partial charge in [-0.3, -0.25) is 0 Å². The molecule has 3 heteroatoms. The third kappa shape index (κ3) is 5.83. The summed E-state index contributed by atoms with van der Waals surface area (Å²) in [4.78, 5) is 2.52. The Kier molecular flexibility index (Phi) is 5.73. The second-order valence-corrected chi connectivity index (χ2v) is 5.83. The Labute approximate surface area is 101 Å². The van der Waals surface area contributed by atoms with Crippen molar-refractivity contribution in [1.29, 1.82) is 0 Å². The predicted molar refractivity (Wildman–Crippen MR) is 68.8 cm³/mol. The third-order valence-corrected chi connectivity index (χ3v) is 3.12. The summed E-state index contributed by atoms with van der Waals surface area (Å²) in [6.45, 7) is 11.4. The zero-order chi connectivity index (χ0) is 12.0. The molecule has 1 N–H and O–H groups in total. The Morgan fingerprint density at radius 2 is 2.06 bits per heavy atom. The monoisotopic (exact) mass is 228 g/mol. The minimum Gasteiger partial charge on any atom is -0.380 e. The molecule has 0 aromatic heterocycles. The first-order chi connectivity index (χ1) is 7.51. The second-order valence-electron chi connectivity index (χ2n) is 5.83.